The molecule has 18 heavy (non-hydrogen) atoms. The van der Waals surface area contributed by atoms with Gasteiger partial charge in [-0.2, -0.15) is 0 Å². The van der Waals surface area contributed by atoms with Crippen LogP contribution in [0, 0.1) is 0 Å². The van der Waals surface area contributed by atoms with Crippen molar-refractivity contribution in [2.75, 3.05) is 50.0 Å². The van der Waals surface area contributed by atoms with Gasteiger partial charge in [0.05, 0.1) is 0 Å². The molecule has 1 N–H and O–H groups in total. The van der Waals surface area contributed by atoms with Gasteiger partial charge < -0.3 is 15.1 Å². The molecule has 2 aliphatic heterocycles. The SMILES string of the molecule is CN1CCCN(c2ccc3c(c2)CCCN3)CC1. The van der Waals surface area contributed by atoms with Crippen LogP contribution < -0.4 is 10.2 Å². The summed E-state index contributed by atoms with van der Waals surface area (Å²) >= 11 is 0. The lowest BCUT2D eigenvalue weighted by molar-refractivity contribution is 0.360. The Balaban J connectivity index is 1.79. The third-order valence-electron chi connectivity index (χ3n) is 4.11. The van der Waals surface area contributed by atoms with Crippen molar-refractivity contribution in [1.29, 1.82) is 0 Å². The summed E-state index contributed by atoms with van der Waals surface area (Å²) in [5.41, 5.74) is 4.25. The zero-order valence-electron chi connectivity index (χ0n) is 11.3. The molecule has 2 heterocycles. The predicted octanol–water partition coefficient (Wildman–Crippen LogP) is 2.19. The van der Waals surface area contributed by atoms with Crippen molar-refractivity contribution in [2.24, 2.45) is 0 Å². The molecule has 1 fully saturated rings. The Hall–Kier alpha value is -1.22. The van der Waals surface area contributed by atoms with Crippen molar-refractivity contribution in [3.05, 3.63) is 23.8 Å². The summed E-state index contributed by atoms with van der Waals surface area (Å²) < 4.78 is 0. The van der Waals surface area contributed by atoms with Gasteiger partial charge >= 0.3 is 0 Å². The van der Waals surface area contributed by atoms with Crippen molar-refractivity contribution in [1.82, 2.24) is 4.90 Å². The lowest BCUT2D eigenvalue weighted by Crippen LogP contribution is -2.28. The molecule has 0 spiro atoms. The molecular weight excluding hydrogens is 222 g/mol. The highest BCUT2D eigenvalue weighted by molar-refractivity contribution is 5.61. The van der Waals surface area contributed by atoms with Crippen LogP contribution in [0.2, 0.25) is 0 Å². The van der Waals surface area contributed by atoms with Crippen molar-refractivity contribution >= 4 is 11.4 Å². The molecule has 1 saturated heterocycles. The van der Waals surface area contributed by atoms with E-state index in [1.807, 2.05) is 0 Å². The summed E-state index contributed by atoms with van der Waals surface area (Å²) in [4.78, 5) is 4.97. The lowest BCUT2D eigenvalue weighted by Gasteiger charge is -2.26. The highest BCUT2D eigenvalue weighted by Gasteiger charge is 2.15. The molecule has 0 atom stereocenters. The highest BCUT2D eigenvalue weighted by Crippen LogP contribution is 2.27. The number of likely N-dealkylation sites (N-methyl/N-ethyl adjacent to an activating group) is 1. The van der Waals surface area contributed by atoms with E-state index in [1.165, 1.54) is 55.8 Å². The van der Waals surface area contributed by atoms with E-state index in [0.717, 1.165) is 13.1 Å². The molecule has 1 aromatic rings. The van der Waals surface area contributed by atoms with Crippen molar-refractivity contribution in [3.8, 4) is 0 Å². The quantitative estimate of drug-likeness (QED) is 0.818. The molecular formula is C15H23N3. The standard InChI is InChI=1S/C15H23N3/c1-17-8-3-9-18(11-10-17)14-5-6-15-13(12-14)4-2-7-16-15/h5-6,12,16H,2-4,7-11H2,1H3. The normalized spacial score (nSPS) is 21.1. The average molecular weight is 245 g/mol. The second kappa shape index (κ2) is 5.19. The Morgan fingerprint density at radius 3 is 2.94 bits per heavy atom. The first-order valence-electron chi connectivity index (χ1n) is 7.13. The number of hydrogen-bond donors (Lipinski definition) is 1. The van der Waals surface area contributed by atoms with Gasteiger partial charge in [-0.1, -0.05) is 0 Å². The highest BCUT2D eigenvalue weighted by atomic mass is 15.2. The summed E-state index contributed by atoms with van der Waals surface area (Å²) in [7, 11) is 2.22. The van der Waals surface area contributed by atoms with E-state index in [-0.39, 0.29) is 0 Å². The smallest absolute Gasteiger partial charge is 0.0374 e. The van der Waals surface area contributed by atoms with E-state index >= 15 is 0 Å². The third-order valence-corrected chi connectivity index (χ3v) is 4.11. The molecule has 0 aliphatic carbocycles. The van der Waals surface area contributed by atoms with Gasteiger partial charge in [0, 0.05) is 37.6 Å². The predicted molar refractivity (Wildman–Crippen MR) is 77.6 cm³/mol. The first kappa shape index (κ1) is 11.8. The maximum absolute atomic E-state index is 3.49. The summed E-state index contributed by atoms with van der Waals surface area (Å²) in [6.07, 6.45) is 3.76. The fourth-order valence-electron chi connectivity index (χ4n) is 2.96. The first-order chi connectivity index (χ1) is 8.83. The van der Waals surface area contributed by atoms with E-state index in [0.29, 0.717) is 0 Å². The number of hydrogen-bond acceptors (Lipinski definition) is 3. The fourth-order valence-corrected chi connectivity index (χ4v) is 2.96. The van der Waals surface area contributed by atoms with E-state index in [2.05, 4.69) is 40.4 Å². The van der Waals surface area contributed by atoms with E-state index in [9.17, 15) is 0 Å². The van der Waals surface area contributed by atoms with Crippen molar-refractivity contribution < 1.29 is 0 Å². The monoisotopic (exact) mass is 245 g/mol. The maximum Gasteiger partial charge on any atom is 0.0374 e. The Morgan fingerprint density at radius 1 is 1.06 bits per heavy atom. The van der Waals surface area contributed by atoms with Crippen LogP contribution in [-0.2, 0) is 6.42 Å². The van der Waals surface area contributed by atoms with E-state index in [1.54, 1.807) is 0 Å². The maximum atomic E-state index is 3.49. The zero-order chi connectivity index (χ0) is 12.4. The second-order valence-electron chi connectivity index (χ2n) is 5.52. The molecule has 3 heteroatoms. The molecule has 0 radical (unpaired) electrons. The minimum atomic E-state index is 1.13. The Kier molecular flexibility index (Phi) is 3.41. The Bertz CT molecular complexity index is 416. The molecule has 3 nitrogen and oxygen atoms in total. The van der Waals surface area contributed by atoms with Gasteiger partial charge in [0.1, 0.15) is 0 Å². The minimum absolute atomic E-state index is 1.13. The summed E-state index contributed by atoms with van der Waals surface area (Å²) in [5, 5.41) is 3.49. The Morgan fingerprint density at radius 2 is 2.00 bits per heavy atom. The van der Waals surface area contributed by atoms with Gasteiger partial charge in [0.2, 0.25) is 0 Å². The first-order valence-corrected chi connectivity index (χ1v) is 7.13. The minimum Gasteiger partial charge on any atom is -0.385 e. The number of rotatable bonds is 1. The molecule has 1 aromatic carbocycles. The number of benzene rings is 1. The van der Waals surface area contributed by atoms with Crippen LogP contribution in [0.5, 0.6) is 0 Å². The van der Waals surface area contributed by atoms with Gasteiger partial charge in [-0.05, 0) is 56.6 Å². The average Bonchev–Trinajstić information content (AvgIpc) is 2.63. The largest absolute Gasteiger partial charge is 0.385 e. The molecule has 0 aromatic heterocycles. The number of nitrogens with one attached hydrogen (secondary N) is 1. The number of aryl methyl sites for hydroxylation is 1. The van der Waals surface area contributed by atoms with Crippen LogP contribution >= 0.6 is 0 Å². The van der Waals surface area contributed by atoms with Crippen LogP contribution in [0.3, 0.4) is 0 Å². The second-order valence-corrected chi connectivity index (χ2v) is 5.52. The van der Waals surface area contributed by atoms with Crippen molar-refractivity contribution in [3.63, 3.8) is 0 Å². The molecule has 98 valence electrons. The van der Waals surface area contributed by atoms with Gasteiger partial charge in [-0.15, -0.1) is 0 Å². The third kappa shape index (κ3) is 2.46. The Labute approximate surface area is 110 Å². The topological polar surface area (TPSA) is 18.5 Å². The molecule has 0 unspecified atom stereocenters. The zero-order valence-corrected chi connectivity index (χ0v) is 11.3. The van der Waals surface area contributed by atoms with Crippen LogP contribution in [0.15, 0.2) is 18.2 Å². The van der Waals surface area contributed by atoms with Crippen molar-refractivity contribution in [2.45, 2.75) is 19.3 Å². The van der Waals surface area contributed by atoms with Crippen LogP contribution in [-0.4, -0.2) is 44.7 Å². The van der Waals surface area contributed by atoms with Crippen LogP contribution in [0.25, 0.3) is 0 Å². The van der Waals surface area contributed by atoms with Crippen LogP contribution in [0.1, 0.15) is 18.4 Å². The fraction of sp³-hybridized carbons (Fsp3) is 0.600. The number of nitrogens with zero attached hydrogens (tertiary/aromatic N) is 2. The van der Waals surface area contributed by atoms with Gasteiger partial charge in [-0.3, -0.25) is 0 Å². The van der Waals surface area contributed by atoms with Gasteiger partial charge in [0.15, 0.2) is 0 Å². The summed E-state index contributed by atoms with van der Waals surface area (Å²) in [6.45, 7) is 5.87. The van der Waals surface area contributed by atoms with E-state index < -0.39 is 0 Å². The number of anilines is 2. The molecule has 0 saturated carbocycles. The molecule has 0 bridgehead atoms. The molecule has 3 rings (SSSR count). The van der Waals surface area contributed by atoms with Gasteiger partial charge in [0.25, 0.3) is 0 Å². The summed E-state index contributed by atoms with van der Waals surface area (Å²) in [6, 6.07) is 6.94. The van der Waals surface area contributed by atoms with Gasteiger partial charge in [-0.25, -0.2) is 0 Å². The van der Waals surface area contributed by atoms with Crippen LogP contribution in [0.4, 0.5) is 11.4 Å². The van der Waals surface area contributed by atoms with E-state index in [4.69, 9.17) is 0 Å². The summed E-state index contributed by atoms with van der Waals surface area (Å²) in [5.74, 6) is 0. The lowest BCUT2D eigenvalue weighted by atomic mass is 10.0. The molecule has 2 aliphatic rings. The molecule has 0 amide bonds. The number of fused-ring (bicyclic) bond motifs is 1.